The molecule has 0 fully saturated rings. The number of pyridine rings is 1. The molecule has 0 bridgehead atoms. The Labute approximate surface area is 204 Å². The van der Waals surface area contributed by atoms with Gasteiger partial charge in [0.15, 0.2) is 5.54 Å². The van der Waals surface area contributed by atoms with Gasteiger partial charge in [0.1, 0.15) is 5.82 Å². The van der Waals surface area contributed by atoms with Gasteiger partial charge in [0.05, 0.1) is 17.9 Å². The molecule has 3 aromatic rings. The van der Waals surface area contributed by atoms with Crippen LogP contribution in [0.25, 0.3) is 0 Å². The summed E-state index contributed by atoms with van der Waals surface area (Å²) in [6, 6.07) is 10.7. The van der Waals surface area contributed by atoms with Gasteiger partial charge in [-0.15, -0.1) is 0 Å². The van der Waals surface area contributed by atoms with Crippen LogP contribution in [0.5, 0.6) is 0 Å². The summed E-state index contributed by atoms with van der Waals surface area (Å²) >= 11 is 5.98. The number of rotatable bonds is 7. The number of hydrogen-bond acceptors (Lipinski definition) is 4. The van der Waals surface area contributed by atoms with Gasteiger partial charge < -0.3 is 5.32 Å². The van der Waals surface area contributed by atoms with Gasteiger partial charge in [-0.3, -0.25) is 14.5 Å². The van der Waals surface area contributed by atoms with E-state index in [1.165, 1.54) is 49.5 Å². The van der Waals surface area contributed by atoms with Crippen LogP contribution in [0.15, 0.2) is 67.0 Å². The molecule has 0 aliphatic rings. The number of hydrogen-bond donors (Lipinski definition) is 2. The Morgan fingerprint density at radius 1 is 1.06 bits per heavy atom. The Kier molecular flexibility index (Phi) is 7.42. The fourth-order valence-electron chi connectivity index (χ4n) is 3.54. The third kappa shape index (κ3) is 5.73. The third-order valence-electron chi connectivity index (χ3n) is 5.27. The van der Waals surface area contributed by atoms with E-state index in [9.17, 15) is 30.8 Å². The van der Waals surface area contributed by atoms with Gasteiger partial charge in [0, 0.05) is 23.0 Å². The molecule has 1 amide bonds. The van der Waals surface area contributed by atoms with Crippen molar-refractivity contribution in [3.05, 3.63) is 94.5 Å². The van der Waals surface area contributed by atoms with Crippen LogP contribution in [0.3, 0.4) is 0 Å². The quantitative estimate of drug-likeness (QED) is 0.423. The van der Waals surface area contributed by atoms with Crippen LogP contribution in [0.4, 0.5) is 23.2 Å². The van der Waals surface area contributed by atoms with Gasteiger partial charge in [0.2, 0.25) is 15.9 Å². The molecule has 3 rings (SSSR count). The number of halogens is 5. The summed E-state index contributed by atoms with van der Waals surface area (Å²) in [4.78, 5) is 16.9. The molecule has 0 radical (unpaired) electrons. The lowest BCUT2D eigenvalue weighted by Gasteiger charge is -2.38. The average molecular weight is 530 g/mol. The number of amides is 1. The fourth-order valence-corrected chi connectivity index (χ4v) is 4.30. The minimum absolute atomic E-state index is 0.0262. The molecule has 0 saturated heterocycles. The van der Waals surface area contributed by atoms with Crippen LogP contribution in [-0.4, -0.2) is 31.7 Å². The minimum atomic E-state index is -5.02. The number of nitrogens with one attached hydrogen (secondary N) is 2. The first kappa shape index (κ1) is 26.4. The standard InChI is InChI=1S/C23H20ClF4N3O3S/c1-14(15-8-9-20(19(25)11-15)31-35(2,33)34)21(32)30-22(23(26,27)28,17-6-4-10-29-13-17)16-5-3-7-18(24)12-16/h3-14,31H,1-2H3,(H,30,32). The zero-order valence-electron chi connectivity index (χ0n) is 18.4. The molecule has 12 heteroatoms. The first-order valence-electron chi connectivity index (χ1n) is 10.1. The van der Waals surface area contributed by atoms with Gasteiger partial charge >= 0.3 is 6.18 Å². The van der Waals surface area contributed by atoms with Crippen molar-refractivity contribution in [2.45, 2.75) is 24.6 Å². The summed E-state index contributed by atoms with van der Waals surface area (Å²) in [6.07, 6.45) is -1.90. The molecule has 0 aliphatic heterocycles. The molecule has 35 heavy (non-hydrogen) atoms. The van der Waals surface area contributed by atoms with E-state index >= 15 is 0 Å². The van der Waals surface area contributed by atoms with Crippen LogP contribution in [0.2, 0.25) is 5.02 Å². The number of nitrogens with zero attached hydrogens (tertiary/aromatic N) is 1. The van der Waals surface area contributed by atoms with E-state index in [-0.39, 0.29) is 27.4 Å². The first-order valence-corrected chi connectivity index (χ1v) is 12.3. The van der Waals surface area contributed by atoms with E-state index in [0.717, 1.165) is 30.7 Å². The molecule has 0 aliphatic carbocycles. The first-order chi connectivity index (χ1) is 16.2. The van der Waals surface area contributed by atoms with Crippen molar-refractivity contribution in [3.63, 3.8) is 0 Å². The third-order valence-corrected chi connectivity index (χ3v) is 6.10. The number of carbonyl (C=O) groups is 1. The zero-order chi connectivity index (χ0) is 26.0. The summed E-state index contributed by atoms with van der Waals surface area (Å²) < 4.78 is 83.5. The van der Waals surface area contributed by atoms with E-state index in [1.807, 2.05) is 4.72 Å². The summed E-state index contributed by atoms with van der Waals surface area (Å²) in [5.41, 5.74) is -4.03. The Balaban J connectivity index is 2.07. The summed E-state index contributed by atoms with van der Waals surface area (Å²) in [6.45, 7) is 1.30. The Morgan fingerprint density at radius 2 is 1.74 bits per heavy atom. The summed E-state index contributed by atoms with van der Waals surface area (Å²) in [5.74, 6) is -3.29. The molecule has 1 aromatic heterocycles. The smallest absolute Gasteiger partial charge is 0.334 e. The molecule has 2 unspecified atom stereocenters. The Bertz CT molecular complexity index is 1340. The van der Waals surface area contributed by atoms with Crippen molar-refractivity contribution in [1.82, 2.24) is 10.3 Å². The molecule has 0 spiro atoms. The molecular weight excluding hydrogens is 510 g/mol. The highest BCUT2D eigenvalue weighted by Crippen LogP contribution is 2.45. The lowest BCUT2D eigenvalue weighted by Crippen LogP contribution is -2.57. The fraction of sp³-hybridized carbons (Fsp3) is 0.217. The average Bonchev–Trinajstić information content (AvgIpc) is 2.77. The summed E-state index contributed by atoms with van der Waals surface area (Å²) in [5, 5.41) is 2.13. The van der Waals surface area contributed by atoms with Crippen molar-refractivity contribution >= 4 is 33.2 Å². The topological polar surface area (TPSA) is 88.2 Å². The van der Waals surface area contributed by atoms with Gasteiger partial charge in [0.25, 0.3) is 0 Å². The number of aromatic nitrogens is 1. The number of alkyl halides is 3. The van der Waals surface area contributed by atoms with Crippen LogP contribution in [-0.2, 0) is 20.4 Å². The van der Waals surface area contributed by atoms with Gasteiger partial charge in [-0.05, 0) is 48.4 Å². The van der Waals surface area contributed by atoms with Crippen LogP contribution in [0, 0.1) is 5.82 Å². The lowest BCUT2D eigenvalue weighted by atomic mass is 9.82. The molecular formula is C23H20ClF4N3O3S. The lowest BCUT2D eigenvalue weighted by molar-refractivity contribution is -0.190. The number of benzene rings is 2. The van der Waals surface area contributed by atoms with E-state index in [2.05, 4.69) is 10.3 Å². The second-order valence-electron chi connectivity index (χ2n) is 7.82. The Hall–Kier alpha value is -3.18. The van der Waals surface area contributed by atoms with Crippen molar-refractivity contribution in [2.75, 3.05) is 11.0 Å². The number of carbonyl (C=O) groups excluding carboxylic acids is 1. The second kappa shape index (κ2) is 9.82. The van der Waals surface area contributed by atoms with Crippen LogP contribution in [0.1, 0.15) is 29.5 Å². The van der Waals surface area contributed by atoms with E-state index < -0.39 is 39.4 Å². The van der Waals surface area contributed by atoms with E-state index in [0.29, 0.717) is 0 Å². The number of anilines is 1. The van der Waals surface area contributed by atoms with Gasteiger partial charge in [-0.1, -0.05) is 35.9 Å². The predicted octanol–water partition coefficient (Wildman–Crippen LogP) is 4.97. The van der Waals surface area contributed by atoms with Crippen molar-refractivity contribution in [2.24, 2.45) is 0 Å². The van der Waals surface area contributed by atoms with Crippen molar-refractivity contribution in [1.29, 1.82) is 0 Å². The van der Waals surface area contributed by atoms with Crippen LogP contribution >= 0.6 is 11.6 Å². The van der Waals surface area contributed by atoms with E-state index in [4.69, 9.17) is 11.6 Å². The highest BCUT2D eigenvalue weighted by Gasteiger charge is 2.59. The molecule has 6 nitrogen and oxygen atoms in total. The SMILES string of the molecule is CC(C(=O)NC(c1cccnc1)(c1cccc(Cl)c1)C(F)(F)F)c1ccc(NS(C)(=O)=O)c(F)c1. The highest BCUT2D eigenvalue weighted by atomic mass is 35.5. The maximum absolute atomic E-state index is 14.8. The Morgan fingerprint density at radius 3 is 2.29 bits per heavy atom. The normalized spacial score (nSPS) is 14.6. The monoisotopic (exact) mass is 529 g/mol. The van der Waals surface area contributed by atoms with Gasteiger partial charge in [-0.2, -0.15) is 13.2 Å². The number of sulfonamides is 1. The maximum Gasteiger partial charge on any atom is 0.420 e. The minimum Gasteiger partial charge on any atom is -0.334 e. The summed E-state index contributed by atoms with van der Waals surface area (Å²) in [7, 11) is -3.77. The van der Waals surface area contributed by atoms with Gasteiger partial charge in [-0.25, -0.2) is 12.8 Å². The maximum atomic E-state index is 14.8. The van der Waals surface area contributed by atoms with Crippen LogP contribution < -0.4 is 10.0 Å². The molecule has 2 aromatic carbocycles. The molecule has 186 valence electrons. The molecule has 2 atom stereocenters. The molecule has 0 saturated carbocycles. The second-order valence-corrected chi connectivity index (χ2v) is 10.0. The van der Waals surface area contributed by atoms with Crippen molar-refractivity contribution < 1.29 is 30.8 Å². The zero-order valence-corrected chi connectivity index (χ0v) is 20.0. The van der Waals surface area contributed by atoms with Crippen molar-refractivity contribution in [3.8, 4) is 0 Å². The highest BCUT2D eigenvalue weighted by molar-refractivity contribution is 7.92. The van der Waals surface area contributed by atoms with E-state index in [1.54, 1.807) is 0 Å². The largest absolute Gasteiger partial charge is 0.420 e. The molecule has 2 N–H and O–H groups in total. The molecule has 1 heterocycles. The predicted molar refractivity (Wildman–Crippen MR) is 124 cm³/mol.